The molecule has 0 saturated carbocycles. The van der Waals surface area contributed by atoms with Gasteiger partial charge >= 0.3 is 5.97 Å². The minimum absolute atomic E-state index is 0.140. The number of carbonyl (C=O) groups is 1. The number of hydrogen-bond acceptors (Lipinski definition) is 3. The average Bonchev–Trinajstić information content (AvgIpc) is 2.12. The van der Waals surface area contributed by atoms with Crippen LogP contribution < -0.4 is 5.32 Å². The molecule has 1 aromatic heterocycles. The van der Waals surface area contributed by atoms with Gasteiger partial charge in [0.2, 0.25) is 0 Å². The molecule has 1 rings (SSSR count). The monoisotopic (exact) mass is 258 g/mol. The van der Waals surface area contributed by atoms with Crippen molar-refractivity contribution in [2.45, 2.75) is 13.0 Å². The highest BCUT2D eigenvalue weighted by molar-refractivity contribution is 9.10. The summed E-state index contributed by atoms with van der Waals surface area (Å²) in [6, 6.07) is 1.95. The molecule has 1 heterocycles. The van der Waals surface area contributed by atoms with Crippen molar-refractivity contribution in [3.63, 3.8) is 0 Å². The van der Waals surface area contributed by atoms with Gasteiger partial charge in [0.1, 0.15) is 0 Å². The fourth-order valence-electron chi connectivity index (χ4n) is 0.981. The van der Waals surface area contributed by atoms with Gasteiger partial charge in [0.05, 0.1) is 6.42 Å². The second-order valence-electron chi connectivity index (χ2n) is 2.83. The van der Waals surface area contributed by atoms with Crippen LogP contribution in [0.25, 0.3) is 0 Å². The third kappa shape index (κ3) is 4.34. The van der Waals surface area contributed by atoms with E-state index < -0.39 is 5.97 Å². The molecule has 4 nitrogen and oxygen atoms in total. The minimum Gasteiger partial charge on any atom is -0.481 e. The topological polar surface area (TPSA) is 62.2 Å². The van der Waals surface area contributed by atoms with Crippen molar-refractivity contribution in [2.75, 3.05) is 6.54 Å². The number of rotatable bonds is 5. The van der Waals surface area contributed by atoms with E-state index in [1.54, 1.807) is 12.4 Å². The van der Waals surface area contributed by atoms with Crippen molar-refractivity contribution >= 4 is 21.9 Å². The van der Waals surface area contributed by atoms with E-state index in [-0.39, 0.29) is 6.42 Å². The van der Waals surface area contributed by atoms with E-state index in [1.807, 2.05) is 6.07 Å². The molecule has 0 aliphatic heterocycles. The van der Waals surface area contributed by atoms with Crippen LogP contribution >= 0.6 is 15.9 Å². The summed E-state index contributed by atoms with van der Waals surface area (Å²) in [5.41, 5.74) is 1.03. The molecule has 0 unspecified atom stereocenters. The molecule has 0 aromatic carbocycles. The molecule has 0 aliphatic rings. The molecule has 2 N–H and O–H groups in total. The zero-order valence-corrected chi connectivity index (χ0v) is 9.12. The number of carboxylic acids is 1. The highest BCUT2D eigenvalue weighted by Crippen LogP contribution is 2.08. The number of nitrogens with one attached hydrogen (secondary N) is 1. The zero-order valence-electron chi connectivity index (χ0n) is 7.53. The Morgan fingerprint density at radius 2 is 2.36 bits per heavy atom. The van der Waals surface area contributed by atoms with Gasteiger partial charge in [-0.1, -0.05) is 0 Å². The number of nitrogens with zero attached hydrogens (tertiary/aromatic N) is 1. The molecule has 5 heteroatoms. The molecule has 76 valence electrons. The van der Waals surface area contributed by atoms with E-state index in [2.05, 4.69) is 26.2 Å². The lowest BCUT2D eigenvalue weighted by atomic mass is 10.3. The summed E-state index contributed by atoms with van der Waals surface area (Å²) < 4.78 is 0.926. The summed E-state index contributed by atoms with van der Waals surface area (Å²) >= 11 is 3.31. The van der Waals surface area contributed by atoms with Crippen LogP contribution in [0.4, 0.5) is 0 Å². The van der Waals surface area contributed by atoms with Gasteiger partial charge in [0, 0.05) is 30.0 Å². The molecule has 0 bridgehead atoms. The van der Waals surface area contributed by atoms with Gasteiger partial charge in [-0.2, -0.15) is 0 Å². The van der Waals surface area contributed by atoms with Crippen LogP contribution in [0, 0.1) is 0 Å². The minimum atomic E-state index is -0.787. The van der Waals surface area contributed by atoms with Gasteiger partial charge in [0.25, 0.3) is 0 Å². The second kappa shape index (κ2) is 5.72. The smallest absolute Gasteiger partial charge is 0.304 e. The van der Waals surface area contributed by atoms with Crippen molar-refractivity contribution in [2.24, 2.45) is 0 Å². The van der Waals surface area contributed by atoms with Crippen molar-refractivity contribution in [3.8, 4) is 0 Å². The zero-order chi connectivity index (χ0) is 10.4. The summed E-state index contributed by atoms with van der Waals surface area (Å²) in [5.74, 6) is -0.787. The standard InChI is InChI=1S/C9H11BrN2O2/c10-8-3-7(5-12-6-8)4-11-2-1-9(13)14/h3,5-6,11H,1-2,4H2,(H,13,14). The number of hydrogen-bond donors (Lipinski definition) is 2. The Morgan fingerprint density at radius 3 is 3.00 bits per heavy atom. The first-order valence-corrected chi connectivity index (χ1v) is 5.00. The van der Waals surface area contributed by atoms with Gasteiger partial charge in [-0.05, 0) is 27.6 Å². The average molecular weight is 259 g/mol. The van der Waals surface area contributed by atoms with Crippen LogP contribution in [-0.2, 0) is 11.3 Å². The summed E-state index contributed by atoms with van der Waals surface area (Å²) in [5, 5.41) is 11.4. The SMILES string of the molecule is O=C(O)CCNCc1cncc(Br)c1. The maximum atomic E-state index is 10.2. The molecular formula is C9H11BrN2O2. The Labute approximate surface area is 90.5 Å². The molecule has 1 aromatic rings. The summed E-state index contributed by atoms with van der Waals surface area (Å²) in [4.78, 5) is 14.2. The number of halogens is 1. The number of carboxylic acid groups (broad SMARTS) is 1. The van der Waals surface area contributed by atoms with Crippen LogP contribution in [0.3, 0.4) is 0 Å². The largest absolute Gasteiger partial charge is 0.481 e. The van der Waals surface area contributed by atoms with Crippen LogP contribution in [0.2, 0.25) is 0 Å². The van der Waals surface area contributed by atoms with Gasteiger partial charge in [-0.3, -0.25) is 9.78 Å². The molecule has 0 atom stereocenters. The van der Waals surface area contributed by atoms with Crippen molar-refractivity contribution in [1.82, 2.24) is 10.3 Å². The Bertz CT molecular complexity index is 317. The quantitative estimate of drug-likeness (QED) is 0.785. The van der Waals surface area contributed by atoms with E-state index in [1.165, 1.54) is 0 Å². The molecule has 0 fully saturated rings. The van der Waals surface area contributed by atoms with Gasteiger partial charge in [-0.25, -0.2) is 0 Å². The van der Waals surface area contributed by atoms with Crippen molar-refractivity contribution in [1.29, 1.82) is 0 Å². The normalized spacial score (nSPS) is 10.1. The lowest BCUT2D eigenvalue weighted by molar-refractivity contribution is -0.136. The summed E-state index contributed by atoms with van der Waals surface area (Å²) in [7, 11) is 0. The number of pyridine rings is 1. The van der Waals surface area contributed by atoms with Gasteiger partial charge in [-0.15, -0.1) is 0 Å². The third-order valence-electron chi connectivity index (χ3n) is 1.61. The van der Waals surface area contributed by atoms with E-state index in [0.717, 1.165) is 10.0 Å². The summed E-state index contributed by atoms with van der Waals surface area (Å²) in [6.45, 7) is 1.11. The molecule has 0 spiro atoms. The van der Waals surface area contributed by atoms with E-state index in [4.69, 9.17) is 5.11 Å². The van der Waals surface area contributed by atoms with Crippen molar-refractivity contribution < 1.29 is 9.90 Å². The molecule has 0 radical (unpaired) electrons. The van der Waals surface area contributed by atoms with Crippen LogP contribution in [0.5, 0.6) is 0 Å². The first-order valence-electron chi connectivity index (χ1n) is 4.20. The Morgan fingerprint density at radius 1 is 1.57 bits per heavy atom. The fraction of sp³-hybridized carbons (Fsp3) is 0.333. The lowest BCUT2D eigenvalue weighted by Crippen LogP contribution is -2.17. The fourth-order valence-corrected chi connectivity index (χ4v) is 1.39. The van der Waals surface area contributed by atoms with E-state index in [9.17, 15) is 4.79 Å². The predicted molar refractivity (Wildman–Crippen MR) is 55.9 cm³/mol. The molecule has 0 saturated heterocycles. The van der Waals surface area contributed by atoms with Crippen molar-refractivity contribution in [3.05, 3.63) is 28.5 Å². The lowest BCUT2D eigenvalue weighted by Gasteiger charge is -2.02. The maximum Gasteiger partial charge on any atom is 0.304 e. The van der Waals surface area contributed by atoms with Crippen LogP contribution in [-0.4, -0.2) is 22.6 Å². The Kier molecular flexibility index (Phi) is 4.55. The number of aliphatic carboxylic acids is 1. The van der Waals surface area contributed by atoms with Gasteiger partial charge < -0.3 is 10.4 Å². The van der Waals surface area contributed by atoms with E-state index in [0.29, 0.717) is 13.1 Å². The first kappa shape index (κ1) is 11.1. The maximum absolute atomic E-state index is 10.2. The Balaban J connectivity index is 2.28. The second-order valence-corrected chi connectivity index (χ2v) is 3.75. The van der Waals surface area contributed by atoms with Crippen LogP contribution in [0.1, 0.15) is 12.0 Å². The molecule has 14 heavy (non-hydrogen) atoms. The third-order valence-corrected chi connectivity index (χ3v) is 2.04. The predicted octanol–water partition coefficient (Wildman–Crippen LogP) is 1.41. The summed E-state index contributed by atoms with van der Waals surface area (Å²) in [6.07, 6.45) is 3.60. The highest BCUT2D eigenvalue weighted by atomic mass is 79.9. The first-order chi connectivity index (χ1) is 6.68. The highest BCUT2D eigenvalue weighted by Gasteiger charge is 1.97. The van der Waals surface area contributed by atoms with E-state index >= 15 is 0 Å². The molecule has 0 aliphatic carbocycles. The molecule has 0 amide bonds. The Hall–Kier alpha value is -0.940. The molecular weight excluding hydrogens is 248 g/mol. The number of aromatic nitrogens is 1. The van der Waals surface area contributed by atoms with Crippen LogP contribution in [0.15, 0.2) is 22.9 Å². The van der Waals surface area contributed by atoms with Gasteiger partial charge in [0.15, 0.2) is 0 Å².